The minimum absolute atomic E-state index is 0.0626. The molecule has 0 aliphatic heterocycles. The number of amides is 1. The van der Waals surface area contributed by atoms with E-state index in [9.17, 15) is 14.9 Å². The molecule has 6 heteroatoms. The third-order valence-electron chi connectivity index (χ3n) is 4.35. The van der Waals surface area contributed by atoms with Gasteiger partial charge in [-0.2, -0.15) is 0 Å². The number of carbonyl (C=O) groups is 1. The lowest BCUT2D eigenvalue weighted by molar-refractivity contribution is -0.384. The van der Waals surface area contributed by atoms with Gasteiger partial charge in [-0.15, -0.1) is 0 Å². The Morgan fingerprint density at radius 3 is 2.59 bits per heavy atom. The second kappa shape index (κ2) is 6.77. The lowest BCUT2D eigenvalue weighted by atomic mass is 9.86. The van der Waals surface area contributed by atoms with Crippen molar-refractivity contribution in [2.75, 3.05) is 19.0 Å². The molecule has 120 valence electrons. The quantitative estimate of drug-likeness (QED) is 0.685. The first-order valence-corrected chi connectivity index (χ1v) is 7.66. The third kappa shape index (κ3) is 3.55. The van der Waals surface area contributed by atoms with Gasteiger partial charge in [-0.25, -0.2) is 0 Å². The molecule has 1 saturated carbocycles. The summed E-state index contributed by atoms with van der Waals surface area (Å²) in [4.78, 5) is 24.9. The SMILES string of the molecule is CC1CCCCC1NC(=O)c1cc([N+](=O)[O-])ccc1N(C)C. The summed E-state index contributed by atoms with van der Waals surface area (Å²) in [5, 5.41) is 14.0. The van der Waals surface area contributed by atoms with E-state index in [-0.39, 0.29) is 17.6 Å². The van der Waals surface area contributed by atoms with E-state index in [1.54, 1.807) is 11.0 Å². The fourth-order valence-corrected chi connectivity index (χ4v) is 2.99. The molecule has 2 unspecified atom stereocenters. The van der Waals surface area contributed by atoms with E-state index in [0.29, 0.717) is 17.2 Å². The van der Waals surface area contributed by atoms with Gasteiger partial charge in [0.1, 0.15) is 0 Å². The average molecular weight is 305 g/mol. The number of rotatable bonds is 4. The van der Waals surface area contributed by atoms with Crippen LogP contribution in [0.4, 0.5) is 11.4 Å². The highest BCUT2D eigenvalue weighted by atomic mass is 16.6. The Morgan fingerprint density at radius 2 is 2.00 bits per heavy atom. The number of hydrogen-bond acceptors (Lipinski definition) is 4. The van der Waals surface area contributed by atoms with E-state index >= 15 is 0 Å². The highest BCUT2D eigenvalue weighted by molar-refractivity contribution is 6.00. The molecule has 1 N–H and O–H groups in total. The van der Waals surface area contributed by atoms with Crippen LogP contribution < -0.4 is 10.2 Å². The van der Waals surface area contributed by atoms with Crippen molar-refractivity contribution in [3.8, 4) is 0 Å². The molecule has 1 aromatic carbocycles. The standard InChI is InChI=1S/C16H23N3O3/c1-11-6-4-5-7-14(11)17-16(20)13-10-12(19(21)22)8-9-15(13)18(2)3/h8-11,14H,4-7H2,1-3H3,(H,17,20). The zero-order valence-electron chi connectivity index (χ0n) is 13.3. The molecule has 1 amide bonds. The van der Waals surface area contributed by atoms with Gasteiger partial charge < -0.3 is 10.2 Å². The molecule has 1 fully saturated rings. The molecule has 0 radical (unpaired) electrons. The van der Waals surface area contributed by atoms with Crippen LogP contribution in [-0.2, 0) is 0 Å². The first-order chi connectivity index (χ1) is 10.4. The summed E-state index contributed by atoms with van der Waals surface area (Å²) in [6, 6.07) is 4.56. The number of benzene rings is 1. The molecule has 22 heavy (non-hydrogen) atoms. The fourth-order valence-electron chi connectivity index (χ4n) is 2.99. The van der Waals surface area contributed by atoms with Crippen LogP contribution in [0.15, 0.2) is 18.2 Å². The number of anilines is 1. The summed E-state index contributed by atoms with van der Waals surface area (Å²) in [5.41, 5.74) is 0.982. The Bertz CT molecular complexity index is 572. The van der Waals surface area contributed by atoms with E-state index in [1.807, 2.05) is 14.1 Å². The number of carbonyl (C=O) groups excluding carboxylic acids is 1. The smallest absolute Gasteiger partial charge is 0.270 e. The van der Waals surface area contributed by atoms with Crippen LogP contribution in [-0.4, -0.2) is 31.0 Å². The molecular weight excluding hydrogens is 282 g/mol. The Kier molecular flexibility index (Phi) is 5.00. The van der Waals surface area contributed by atoms with Crippen LogP contribution in [0.2, 0.25) is 0 Å². The van der Waals surface area contributed by atoms with Gasteiger partial charge >= 0.3 is 0 Å². The molecule has 0 aromatic heterocycles. The molecule has 6 nitrogen and oxygen atoms in total. The number of nitrogens with one attached hydrogen (secondary N) is 1. The van der Waals surface area contributed by atoms with Gasteiger partial charge in [-0.1, -0.05) is 19.8 Å². The van der Waals surface area contributed by atoms with Crippen molar-refractivity contribution in [2.45, 2.75) is 38.6 Å². The van der Waals surface area contributed by atoms with Gasteiger partial charge in [0.15, 0.2) is 0 Å². The Labute approximate surface area is 130 Å². The highest BCUT2D eigenvalue weighted by Gasteiger charge is 2.25. The maximum atomic E-state index is 12.6. The Hall–Kier alpha value is -2.11. The predicted molar refractivity (Wildman–Crippen MR) is 86.3 cm³/mol. The topological polar surface area (TPSA) is 75.5 Å². The van der Waals surface area contributed by atoms with Gasteiger partial charge in [0.05, 0.1) is 10.5 Å². The largest absolute Gasteiger partial charge is 0.377 e. The van der Waals surface area contributed by atoms with Gasteiger partial charge in [0.2, 0.25) is 0 Å². The Balaban J connectivity index is 2.26. The molecule has 1 aliphatic rings. The summed E-state index contributed by atoms with van der Waals surface area (Å²) in [7, 11) is 3.64. The fraction of sp³-hybridized carbons (Fsp3) is 0.562. The monoisotopic (exact) mass is 305 g/mol. The van der Waals surface area contributed by atoms with Crippen LogP contribution in [0.5, 0.6) is 0 Å². The van der Waals surface area contributed by atoms with Crippen LogP contribution in [0.25, 0.3) is 0 Å². The molecule has 0 bridgehead atoms. The van der Waals surface area contributed by atoms with Crippen molar-refractivity contribution < 1.29 is 9.72 Å². The summed E-state index contributed by atoms with van der Waals surface area (Å²) < 4.78 is 0. The van der Waals surface area contributed by atoms with E-state index in [4.69, 9.17) is 0 Å². The van der Waals surface area contributed by atoms with Gasteiger partial charge in [0.25, 0.3) is 11.6 Å². The number of nitrogens with zero attached hydrogens (tertiary/aromatic N) is 2. The molecule has 1 aromatic rings. The van der Waals surface area contributed by atoms with Crippen LogP contribution in [0, 0.1) is 16.0 Å². The van der Waals surface area contributed by atoms with Crippen molar-refractivity contribution in [2.24, 2.45) is 5.92 Å². The van der Waals surface area contributed by atoms with Crippen molar-refractivity contribution in [3.05, 3.63) is 33.9 Å². The molecule has 0 saturated heterocycles. The van der Waals surface area contributed by atoms with E-state index in [0.717, 1.165) is 19.3 Å². The predicted octanol–water partition coefficient (Wildman–Crippen LogP) is 2.97. The summed E-state index contributed by atoms with van der Waals surface area (Å²) in [6.45, 7) is 2.14. The summed E-state index contributed by atoms with van der Waals surface area (Å²) in [5.74, 6) is 0.213. The first kappa shape index (κ1) is 16.3. The van der Waals surface area contributed by atoms with E-state index in [2.05, 4.69) is 12.2 Å². The Morgan fingerprint density at radius 1 is 1.32 bits per heavy atom. The molecule has 2 rings (SSSR count). The molecule has 0 heterocycles. The van der Waals surface area contributed by atoms with Crippen LogP contribution >= 0.6 is 0 Å². The molecular formula is C16H23N3O3. The third-order valence-corrected chi connectivity index (χ3v) is 4.35. The summed E-state index contributed by atoms with van der Waals surface area (Å²) >= 11 is 0. The van der Waals surface area contributed by atoms with E-state index < -0.39 is 4.92 Å². The van der Waals surface area contributed by atoms with Crippen molar-refractivity contribution in [3.63, 3.8) is 0 Å². The van der Waals surface area contributed by atoms with Gasteiger partial charge in [0, 0.05) is 38.0 Å². The van der Waals surface area contributed by atoms with Gasteiger partial charge in [-0.05, 0) is 24.8 Å². The number of nitro benzene ring substituents is 1. The average Bonchev–Trinajstić information content (AvgIpc) is 2.48. The highest BCUT2D eigenvalue weighted by Crippen LogP contribution is 2.27. The lowest BCUT2D eigenvalue weighted by Gasteiger charge is -2.30. The minimum atomic E-state index is -0.473. The minimum Gasteiger partial charge on any atom is -0.377 e. The molecule has 0 spiro atoms. The maximum Gasteiger partial charge on any atom is 0.270 e. The number of nitro groups is 1. The van der Waals surface area contributed by atoms with Gasteiger partial charge in [-0.3, -0.25) is 14.9 Å². The van der Waals surface area contributed by atoms with Crippen molar-refractivity contribution in [1.82, 2.24) is 5.32 Å². The molecule has 2 atom stereocenters. The maximum absolute atomic E-state index is 12.6. The zero-order valence-corrected chi connectivity index (χ0v) is 13.3. The van der Waals surface area contributed by atoms with Crippen molar-refractivity contribution in [1.29, 1.82) is 0 Å². The van der Waals surface area contributed by atoms with Crippen molar-refractivity contribution >= 4 is 17.3 Å². The van der Waals surface area contributed by atoms with Crippen LogP contribution in [0.1, 0.15) is 43.0 Å². The van der Waals surface area contributed by atoms with Crippen LogP contribution in [0.3, 0.4) is 0 Å². The number of non-ortho nitro benzene ring substituents is 1. The first-order valence-electron chi connectivity index (χ1n) is 7.66. The second-order valence-electron chi connectivity index (χ2n) is 6.19. The van der Waals surface area contributed by atoms with E-state index in [1.165, 1.54) is 18.6 Å². The number of hydrogen-bond donors (Lipinski definition) is 1. The lowest BCUT2D eigenvalue weighted by Crippen LogP contribution is -2.41. The molecule has 1 aliphatic carbocycles. The second-order valence-corrected chi connectivity index (χ2v) is 6.19. The summed E-state index contributed by atoms with van der Waals surface area (Å²) in [6.07, 6.45) is 4.40. The zero-order chi connectivity index (χ0) is 16.3. The normalized spacial score (nSPS) is 21.2.